The van der Waals surface area contributed by atoms with Crippen LogP contribution in [-0.2, 0) is 30.9 Å². The quantitative estimate of drug-likeness (QED) is 0.466. The third-order valence-electron chi connectivity index (χ3n) is 5.77. The number of aryl methyl sites for hydroxylation is 1. The first-order valence-electron chi connectivity index (χ1n) is 11.2. The number of carbonyl (C=O) groups excluding carboxylic acids is 1. The molecule has 172 valence electrons. The summed E-state index contributed by atoms with van der Waals surface area (Å²) in [6.07, 6.45) is 3.99. The Kier molecular flexibility index (Phi) is 7.21. The summed E-state index contributed by atoms with van der Waals surface area (Å²) in [5.41, 5.74) is 1.88. The third kappa shape index (κ3) is 5.56. The average Bonchev–Trinajstić information content (AvgIpc) is 3.47. The lowest BCUT2D eigenvalue weighted by Gasteiger charge is -2.25. The fourth-order valence-corrected chi connectivity index (χ4v) is 4.12. The number of nitrogens with one attached hydrogen (secondary N) is 3. The van der Waals surface area contributed by atoms with Crippen LogP contribution < -0.4 is 16.0 Å². The molecule has 1 saturated heterocycles. The molecule has 2 aliphatic rings. The predicted octanol–water partition coefficient (Wildman–Crippen LogP) is 1.73. The number of carbonyl (C=O) groups is 1. The number of nitrogens with zero attached hydrogens (tertiary/aromatic N) is 5. The molecule has 10 nitrogen and oxygen atoms in total. The lowest BCUT2D eigenvalue weighted by atomic mass is 10.1. The molecule has 4 rings (SSSR count). The van der Waals surface area contributed by atoms with Crippen LogP contribution in [0.3, 0.4) is 0 Å². The van der Waals surface area contributed by atoms with Crippen molar-refractivity contribution in [2.24, 2.45) is 4.99 Å². The van der Waals surface area contributed by atoms with E-state index in [4.69, 9.17) is 4.74 Å². The minimum atomic E-state index is -0.0245. The number of hydrogen-bond donors (Lipinski definition) is 3. The van der Waals surface area contributed by atoms with Gasteiger partial charge in [-0.05, 0) is 37.0 Å². The number of fused-ring (bicyclic) bond motifs is 1. The Morgan fingerprint density at radius 2 is 2.16 bits per heavy atom. The van der Waals surface area contributed by atoms with Gasteiger partial charge in [-0.3, -0.25) is 4.99 Å². The van der Waals surface area contributed by atoms with Crippen LogP contribution in [0.1, 0.15) is 36.5 Å². The molecule has 1 unspecified atom stereocenters. The summed E-state index contributed by atoms with van der Waals surface area (Å²) in [5.74, 6) is 2.47. The van der Waals surface area contributed by atoms with Gasteiger partial charge in [0.25, 0.3) is 0 Å². The van der Waals surface area contributed by atoms with Gasteiger partial charge in [-0.25, -0.2) is 14.5 Å². The van der Waals surface area contributed by atoms with Crippen molar-refractivity contribution in [1.82, 2.24) is 30.3 Å². The Morgan fingerprint density at radius 3 is 2.94 bits per heavy atom. The largest absolute Gasteiger partial charge is 0.377 e. The van der Waals surface area contributed by atoms with Crippen molar-refractivity contribution >= 4 is 17.7 Å². The van der Waals surface area contributed by atoms with E-state index in [0.717, 1.165) is 74.2 Å². The van der Waals surface area contributed by atoms with Crippen molar-refractivity contribution in [1.29, 1.82) is 0 Å². The highest BCUT2D eigenvalue weighted by molar-refractivity contribution is 5.89. The van der Waals surface area contributed by atoms with Crippen LogP contribution in [0.25, 0.3) is 0 Å². The standard InChI is InChI=1S/C22H32N8O2/c1-23-21(25-18-8-9-20-27-19(15-32-2)28-30(20)14-18)24-13-16-6-5-7-17(12-16)26-22(31)29-10-3-4-11-29/h5-7,12,18H,3-4,8-11,13-15H2,1-2H3,(H,26,31)(H2,23,24,25). The highest BCUT2D eigenvalue weighted by atomic mass is 16.5. The number of aliphatic imine (C=N–C) groups is 1. The highest BCUT2D eigenvalue weighted by Gasteiger charge is 2.22. The Balaban J connectivity index is 1.28. The van der Waals surface area contributed by atoms with E-state index in [-0.39, 0.29) is 12.1 Å². The summed E-state index contributed by atoms with van der Waals surface area (Å²) >= 11 is 0. The van der Waals surface area contributed by atoms with Gasteiger partial charge in [0.2, 0.25) is 0 Å². The zero-order valence-corrected chi connectivity index (χ0v) is 18.8. The van der Waals surface area contributed by atoms with E-state index >= 15 is 0 Å². The minimum absolute atomic E-state index is 0.0245. The summed E-state index contributed by atoms with van der Waals surface area (Å²) in [5, 5.41) is 14.4. The van der Waals surface area contributed by atoms with E-state index in [2.05, 4.69) is 31.0 Å². The van der Waals surface area contributed by atoms with Gasteiger partial charge in [-0.1, -0.05) is 12.1 Å². The third-order valence-corrected chi connectivity index (χ3v) is 5.77. The van der Waals surface area contributed by atoms with Crippen molar-refractivity contribution < 1.29 is 9.53 Å². The lowest BCUT2D eigenvalue weighted by Crippen LogP contribution is -2.46. The van der Waals surface area contributed by atoms with Gasteiger partial charge in [0.05, 0.1) is 6.54 Å². The number of benzene rings is 1. The first kappa shape index (κ1) is 22.1. The van der Waals surface area contributed by atoms with Crippen molar-refractivity contribution in [2.45, 2.75) is 51.4 Å². The summed E-state index contributed by atoms with van der Waals surface area (Å²) in [6, 6.07) is 8.09. The van der Waals surface area contributed by atoms with E-state index in [1.807, 2.05) is 33.8 Å². The number of methoxy groups -OCH3 is 1. The maximum absolute atomic E-state index is 12.3. The second-order valence-electron chi connectivity index (χ2n) is 8.19. The molecule has 32 heavy (non-hydrogen) atoms. The monoisotopic (exact) mass is 440 g/mol. The molecule has 10 heteroatoms. The smallest absolute Gasteiger partial charge is 0.321 e. The van der Waals surface area contributed by atoms with Crippen LogP contribution in [0.2, 0.25) is 0 Å². The summed E-state index contributed by atoms with van der Waals surface area (Å²) < 4.78 is 7.09. The van der Waals surface area contributed by atoms with Gasteiger partial charge >= 0.3 is 6.03 Å². The molecule has 0 radical (unpaired) electrons. The van der Waals surface area contributed by atoms with Gasteiger partial charge in [-0.15, -0.1) is 0 Å². The van der Waals surface area contributed by atoms with E-state index in [1.165, 1.54) is 0 Å². The number of anilines is 1. The van der Waals surface area contributed by atoms with Crippen LogP contribution >= 0.6 is 0 Å². The molecule has 0 bridgehead atoms. The van der Waals surface area contributed by atoms with Gasteiger partial charge in [0.1, 0.15) is 12.4 Å². The SMILES string of the molecule is CN=C(NCc1cccc(NC(=O)N2CCCC2)c1)NC1CCc2nc(COC)nn2C1. The van der Waals surface area contributed by atoms with E-state index < -0.39 is 0 Å². The van der Waals surface area contributed by atoms with E-state index in [0.29, 0.717) is 13.2 Å². The molecule has 2 amide bonds. The zero-order valence-electron chi connectivity index (χ0n) is 18.8. The fraction of sp³-hybridized carbons (Fsp3) is 0.545. The molecule has 0 aliphatic carbocycles. The van der Waals surface area contributed by atoms with Gasteiger partial charge in [0.15, 0.2) is 11.8 Å². The first-order valence-corrected chi connectivity index (χ1v) is 11.2. The minimum Gasteiger partial charge on any atom is -0.377 e. The van der Waals surface area contributed by atoms with Crippen molar-refractivity contribution in [3.63, 3.8) is 0 Å². The second kappa shape index (κ2) is 10.4. The molecule has 1 fully saturated rings. The van der Waals surface area contributed by atoms with E-state index in [1.54, 1.807) is 14.2 Å². The summed E-state index contributed by atoms with van der Waals surface area (Å²) in [6.45, 7) is 3.44. The maximum atomic E-state index is 12.3. The molecular weight excluding hydrogens is 408 g/mol. The molecule has 1 aromatic carbocycles. The molecule has 3 heterocycles. The number of guanidine groups is 1. The first-order chi connectivity index (χ1) is 15.6. The second-order valence-corrected chi connectivity index (χ2v) is 8.19. The number of hydrogen-bond acceptors (Lipinski definition) is 5. The number of rotatable bonds is 6. The average molecular weight is 441 g/mol. The van der Waals surface area contributed by atoms with Crippen LogP contribution in [0, 0.1) is 0 Å². The van der Waals surface area contributed by atoms with Crippen molar-refractivity contribution in [3.8, 4) is 0 Å². The number of amides is 2. The Morgan fingerprint density at radius 1 is 1.31 bits per heavy atom. The normalized spacial score (nSPS) is 18.4. The number of likely N-dealkylation sites (tertiary alicyclic amines) is 1. The number of urea groups is 1. The summed E-state index contributed by atoms with van der Waals surface area (Å²) in [7, 11) is 3.42. The van der Waals surface area contributed by atoms with Gasteiger partial charge < -0.3 is 25.6 Å². The molecule has 0 spiro atoms. The lowest BCUT2D eigenvalue weighted by molar-refractivity contribution is 0.177. The van der Waals surface area contributed by atoms with Gasteiger partial charge in [0, 0.05) is 51.9 Å². The Labute approximate surface area is 188 Å². The van der Waals surface area contributed by atoms with Crippen molar-refractivity contribution in [3.05, 3.63) is 41.5 Å². The maximum Gasteiger partial charge on any atom is 0.321 e. The zero-order chi connectivity index (χ0) is 22.3. The molecule has 3 N–H and O–H groups in total. The van der Waals surface area contributed by atoms with Crippen LogP contribution in [0.5, 0.6) is 0 Å². The molecular formula is C22H32N8O2. The molecule has 0 saturated carbocycles. The predicted molar refractivity (Wildman–Crippen MR) is 122 cm³/mol. The Bertz CT molecular complexity index is 951. The topological polar surface area (TPSA) is 109 Å². The molecule has 1 atom stereocenters. The van der Waals surface area contributed by atoms with Crippen LogP contribution in [-0.4, -0.2) is 64.9 Å². The summed E-state index contributed by atoms with van der Waals surface area (Å²) in [4.78, 5) is 23.1. The Hall–Kier alpha value is -3.14. The molecule has 1 aromatic heterocycles. The van der Waals surface area contributed by atoms with Crippen LogP contribution in [0.15, 0.2) is 29.3 Å². The van der Waals surface area contributed by atoms with Gasteiger partial charge in [-0.2, -0.15) is 5.10 Å². The van der Waals surface area contributed by atoms with Crippen molar-refractivity contribution in [2.75, 3.05) is 32.6 Å². The number of aromatic nitrogens is 3. The fourth-order valence-electron chi connectivity index (χ4n) is 4.12. The molecule has 2 aromatic rings. The number of ether oxygens (including phenoxy) is 1. The van der Waals surface area contributed by atoms with E-state index in [9.17, 15) is 4.79 Å². The molecule has 2 aliphatic heterocycles. The highest BCUT2D eigenvalue weighted by Crippen LogP contribution is 2.15. The van der Waals surface area contributed by atoms with Crippen LogP contribution in [0.4, 0.5) is 10.5 Å².